The molecule has 1 aromatic carbocycles. The third-order valence-corrected chi connectivity index (χ3v) is 6.02. The largest absolute Gasteiger partial charge is 0.352 e. The van der Waals surface area contributed by atoms with Crippen molar-refractivity contribution < 1.29 is 4.79 Å². The van der Waals surface area contributed by atoms with Gasteiger partial charge in [-0.25, -0.2) is 0 Å². The lowest BCUT2D eigenvalue weighted by atomic mass is 10.1. The fourth-order valence-electron chi connectivity index (χ4n) is 3.35. The topological polar surface area (TPSA) is 59.8 Å². The molecule has 0 aliphatic heterocycles. The highest BCUT2D eigenvalue weighted by Crippen LogP contribution is 2.24. The Bertz CT molecular complexity index is 708. The molecule has 6 heteroatoms. The van der Waals surface area contributed by atoms with Gasteiger partial charge in [0.05, 0.1) is 11.8 Å². The molecule has 26 heavy (non-hydrogen) atoms. The fraction of sp³-hybridized carbons (Fsp3) is 0.550. The molecule has 1 atom stereocenters. The zero-order valence-electron chi connectivity index (χ0n) is 15.6. The second-order valence-electron chi connectivity index (χ2n) is 7.06. The third-order valence-electron chi connectivity index (χ3n) is 4.94. The molecule has 1 saturated carbocycles. The second-order valence-corrected chi connectivity index (χ2v) is 8.37. The van der Waals surface area contributed by atoms with Crippen molar-refractivity contribution in [3.8, 4) is 0 Å². The average Bonchev–Trinajstić information content (AvgIpc) is 2.85. The van der Waals surface area contributed by atoms with Crippen molar-refractivity contribution in [2.24, 2.45) is 0 Å². The van der Waals surface area contributed by atoms with E-state index in [4.69, 9.17) is 0 Å². The van der Waals surface area contributed by atoms with E-state index in [0.29, 0.717) is 6.04 Å². The minimum Gasteiger partial charge on any atom is -0.352 e. The molecule has 0 saturated heterocycles. The molecule has 0 spiro atoms. The van der Waals surface area contributed by atoms with E-state index < -0.39 is 0 Å². The standard InChI is InChI=1S/C20H28N4OS/c1-15(19(25)21-18-12-8-3-4-9-13-18)26-20-23-22-16(2)24(20)14-17-10-6-5-7-11-17/h5-7,10-11,15,18H,3-4,8-9,12-14H2,1-2H3,(H,21,25)/t15-/m0/s1. The summed E-state index contributed by atoms with van der Waals surface area (Å²) in [5.74, 6) is 0.974. The Balaban J connectivity index is 1.61. The molecule has 2 aromatic rings. The number of amides is 1. The van der Waals surface area contributed by atoms with Gasteiger partial charge in [0.2, 0.25) is 5.91 Å². The zero-order chi connectivity index (χ0) is 18.4. The van der Waals surface area contributed by atoms with Crippen molar-refractivity contribution in [3.05, 3.63) is 41.7 Å². The number of rotatable bonds is 6. The Morgan fingerprint density at radius 3 is 2.58 bits per heavy atom. The van der Waals surface area contributed by atoms with Crippen molar-refractivity contribution in [1.82, 2.24) is 20.1 Å². The van der Waals surface area contributed by atoms with Crippen LogP contribution in [-0.2, 0) is 11.3 Å². The van der Waals surface area contributed by atoms with Crippen LogP contribution in [0.5, 0.6) is 0 Å². The fourth-order valence-corrected chi connectivity index (χ4v) is 4.25. The summed E-state index contributed by atoms with van der Waals surface area (Å²) in [5, 5.41) is 12.4. The van der Waals surface area contributed by atoms with Gasteiger partial charge in [0, 0.05) is 6.04 Å². The molecule has 3 rings (SSSR count). The molecule has 0 radical (unpaired) electrons. The molecule has 0 bridgehead atoms. The maximum Gasteiger partial charge on any atom is 0.233 e. The summed E-state index contributed by atoms with van der Waals surface area (Å²) in [4.78, 5) is 12.6. The number of nitrogens with zero attached hydrogens (tertiary/aromatic N) is 3. The van der Waals surface area contributed by atoms with Crippen molar-refractivity contribution in [2.75, 3.05) is 0 Å². The molecular weight excluding hydrogens is 344 g/mol. The third kappa shape index (κ3) is 5.10. The Morgan fingerprint density at radius 1 is 1.19 bits per heavy atom. The molecular formula is C20H28N4OS. The van der Waals surface area contributed by atoms with Crippen molar-refractivity contribution in [3.63, 3.8) is 0 Å². The van der Waals surface area contributed by atoms with E-state index in [1.807, 2.05) is 32.0 Å². The van der Waals surface area contributed by atoms with Gasteiger partial charge in [0.15, 0.2) is 5.16 Å². The number of aryl methyl sites for hydroxylation is 1. The molecule has 1 N–H and O–H groups in total. The lowest BCUT2D eigenvalue weighted by molar-refractivity contribution is -0.121. The maximum absolute atomic E-state index is 12.6. The summed E-state index contributed by atoms with van der Waals surface area (Å²) < 4.78 is 2.08. The van der Waals surface area contributed by atoms with E-state index in [-0.39, 0.29) is 11.2 Å². The first-order valence-corrected chi connectivity index (χ1v) is 10.4. The van der Waals surface area contributed by atoms with Gasteiger partial charge in [0.25, 0.3) is 0 Å². The Labute approximate surface area is 160 Å². The van der Waals surface area contributed by atoms with Gasteiger partial charge >= 0.3 is 0 Å². The first-order chi connectivity index (χ1) is 12.6. The highest BCUT2D eigenvalue weighted by molar-refractivity contribution is 8.00. The van der Waals surface area contributed by atoms with Crippen LogP contribution in [0.15, 0.2) is 35.5 Å². The van der Waals surface area contributed by atoms with Gasteiger partial charge in [-0.3, -0.25) is 4.79 Å². The lowest BCUT2D eigenvalue weighted by Crippen LogP contribution is -2.39. The number of hydrogen-bond acceptors (Lipinski definition) is 4. The first kappa shape index (κ1) is 19.0. The Kier molecular flexibility index (Phi) is 6.72. The Morgan fingerprint density at radius 2 is 1.88 bits per heavy atom. The van der Waals surface area contributed by atoms with Crippen molar-refractivity contribution >= 4 is 17.7 Å². The summed E-state index contributed by atoms with van der Waals surface area (Å²) in [6.45, 7) is 4.63. The maximum atomic E-state index is 12.6. The van der Waals surface area contributed by atoms with E-state index in [1.54, 1.807) is 0 Å². The minimum absolute atomic E-state index is 0.105. The van der Waals surface area contributed by atoms with Gasteiger partial charge in [-0.15, -0.1) is 10.2 Å². The van der Waals surface area contributed by atoms with E-state index in [2.05, 4.69) is 32.2 Å². The summed E-state index contributed by atoms with van der Waals surface area (Å²) in [6.07, 6.45) is 7.23. The average molecular weight is 373 g/mol. The highest BCUT2D eigenvalue weighted by Gasteiger charge is 2.22. The highest BCUT2D eigenvalue weighted by atomic mass is 32.2. The molecule has 140 valence electrons. The first-order valence-electron chi connectivity index (χ1n) is 9.54. The molecule has 5 nitrogen and oxygen atoms in total. The monoisotopic (exact) mass is 372 g/mol. The van der Waals surface area contributed by atoms with Crippen LogP contribution < -0.4 is 5.32 Å². The van der Waals surface area contributed by atoms with Gasteiger partial charge in [-0.05, 0) is 32.3 Å². The normalized spacial score (nSPS) is 16.8. The predicted molar refractivity (Wildman–Crippen MR) is 105 cm³/mol. The quantitative estimate of drug-likeness (QED) is 0.616. The van der Waals surface area contributed by atoms with Gasteiger partial charge in [-0.2, -0.15) is 0 Å². The van der Waals surface area contributed by atoms with Crippen LogP contribution in [-0.4, -0.2) is 32.0 Å². The lowest BCUT2D eigenvalue weighted by Gasteiger charge is -2.19. The van der Waals surface area contributed by atoms with Crippen LogP contribution in [0.1, 0.15) is 56.8 Å². The number of hydrogen-bond donors (Lipinski definition) is 1. The molecule has 1 amide bonds. The molecule has 1 aromatic heterocycles. The number of carbonyl (C=O) groups is 1. The molecule has 1 aliphatic rings. The number of carbonyl (C=O) groups excluding carboxylic acids is 1. The van der Waals surface area contributed by atoms with Crippen LogP contribution in [0.4, 0.5) is 0 Å². The van der Waals surface area contributed by atoms with Gasteiger partial charge < -0.3 is 9.88 Å². The van der Waals surface area contributed by atoms with Gasteiger partial charge in [0.1, 0.15) is 5.82 Å². The van der Waals surface area contributed by atoms with Crippen molar-refractivity contribution in [1.29, 1.82) is 0 Å². The smallest absolute Gasteiger partial charge is 0.233 e. The van der Waals surface area contributed by atoms with Crippen molar-refractivity contribution in [2.45, 2.75) is 75.4 Å². The molecule has 0 unspecified atom stereocenters. The predicted octanol–water partition coefficient (Wildman–Crippen LogP) is 3.95. The minimum atomic E-state index is -0.184. The van der Waals surface area contributed by atoms with Gasteiger partial charge in [-0.1, -0.05) is 67.8 Å². The van der Waals surface area contributed by atoms with E-state index >= 15 is 0 Å². The Hall–Kier alpha value is -1.82. The summed E-state index contributed by atoms with van der Waals surface area (Å²) in [7, 11) is 0. The zero-order valence-corrected chi connectivity index (χ0v) is 16.5. The van der Waals surface area contributed by atoms with E-state index in [9.17, 15) is 4.79 Å². The van der Waals surface area contributed by atoms with Crippen LogP contribution in [0.3, 0.4) is 0 Å². The SMILES string of the molecule is Cc1nnc(S[C@@H](C)C(=O)NC2CCCCCC2)n1Cc1ccccc1. The van der Waals surface area contributed by atoms with Crippen LogP contribution in [0, 0.1) is 6.92 Å². The summed E-state index contributed by atoms with van der Waals surface area (Å²) in [5.41, 5.74) is 1.20. The van der Waals surface area contributed by atoms with Crippen LogP contribution >= 0.6 is 11.8 Å². The van der Waals surface area contributed by atoms with E-state index in [0.717, 1.165) is 30.4 Å². The van der Waals surface area contributed by atoms with Crippen LogP contribution in [0.2, 0.25) is 0 Å². The summed E-state index contributed by atoms with van der Waals surface area (Å²) >= 11 is 1.49. The second kappa shape index (κ2) is 9.21. The van der Waals surface area contributed by atoms with E-state index in [1.165, 1.54) is 43.0 Å². The summed E-state index contributed by atoms with van der Waals surface area (Å²) in [6, 6.07) is 10.6. The number of benzene rings is 1. The molecule has 1 heterocycles. The molecule has 1 fully saturated rings. The number of nitrogens with one attached hydrogen (secondary N) is 1. The molecule has 1 aliphatic carbocycles. The van der Waals surface area contributed by atoms with Crippen LogP contribution in [0.25, 0.3) is 0 Å². The number of thioether (sulfide) groups is 1. The number of aromatic nitrogens is 3.